The third kappa shape index (κ3) is 8.51. The molecule has 0 aliphatic heterocycles. The molecule has 0 spiro atoms. The van der Waals surface area contributed by atoms with Crippen molar-refractivity contribution < 1.29 is 18.8 Å². The lowest BCUT2D eigenvalue weighted by Crippen LogP contribution is -2.30. The van der Waals surface area contributed by atoms with Crippen molar-refractivity contribution in [2.45, 2.75) is 4.90 Å². The number of furan rings is 1. The first kappa shape index (κ1) is 31.3. The molecule has 0 unspecified atom stereocenters. The Morgan fingerprint density at radius 1 is 0.745 bits per heavy atom. The molecule has 6 aromatic rings. The standard InChI is InChI=1S/C37H28N4O4S2/c42-34(41-37-40-32(23-47-37)25-10-4-1-5-11-25)24-46-30-19-16-28(17-20-30)38-36(44)31(39-35(43)27-14-8-3-9-15-27)22-29-18-21-33(45-29)26-12-6-2-7-13-26/h1-23H,24H2,(H,38,44)(H,39,43)(H,40,41,42)/b31-22+. The maximum atomic E-state index is 13.4. The van der Waals surface area contributed by atoms with Gasteiger partial charge in [0.2, 0.25) is 5.91 Å². The largest absolute Gasteiger partial charge is 0.457 e. The molecular formula is C37H28N4O4S2. The van der Waals surface area contributed by atoms with Gasteiger partial charge in [-0.15, -0.1) is 23.1 Å². The van der Waals surface area contributed by atoms with Crippen LogP contribution in [0.5, 0.6) is 0 Å². The predicted octanol–water partition coefficient (Wildman–Crippen LogP) is 8.21. The molecule has 6 rings (SSSR count). The molecule has 0 saturated carbocycles. The van der Waals surface area contributed by atoms with E-state index in [-0.39, 0.29) is 17.4 Å². The van der Waals surface area contributed by atoms with Crippen LogP contribution in [0.1, 0.15) is 16.1 Å². The average molecular weight is 657 g/mol. The number of thioether (sulfide) groups is 1. The van der Waals surface area contributed by atoms with Crippen LogP contribution in [-0.4, -0.2) is 28.5 Å². The second-order valence-corrected chi connectivity index (χ2v) is 12.1. The van der Waals surface area contributed by atoms with Crippen LogP contribution >= 0.6 is 23.1 Å². The lowest BCUT2D eigenvalue weighted by atomic mass is 10.2. The fourth-order valence-electron chi connectivity index (χ4n) is 4.48. The Hall–Kier alpha value is -5.71. The number of amides is 3. The molecular weight excluding hydrogens is 629 g/mol. The first-order valence-corrected chi connectivity index (χ1v) is 16.4. The number of carbonyl (C=O) groups is 3. The second kappa shape index (κ2) is 15.0. The molecule has 0 aliphatic rings. The highest BCUT2D eigenvalue weighted by atomic mass is 32.2. The molecule has 3 amide bonds. The minimum atomic E-state index is -0.523. The van der Waals surface area contributed by atoms with E-state index in [4.69, 9.17) is 4.42 Å². The van der Waals surface area contributed by atoms with Gasteiger partial charge in [0, 0.05) is 38.7 Å². The highest BCUT2D eigenvalue weighted by Crippen LogP contribution is 2.26. The van der Waals surface area contributed by atoms with Gasteiger partial charge in [0.05, 0.1) is 11.4 Å². The highest BCUT2D eigenvalue weighted by molar-refractivity contribution is 8.00. The summed E-state index contributed by atoms with van der Waals surface area (Å²) in [7, 11) is 0. The van der Waals surface area contributed by atoms with Crippen LogP contribution in [0.15, 0.2) is 148 Å². The van der Waals surface area contributed by atoms with Crippen LogP contribution in [-0.2, 0) is 9.59 Å². The number of thiazole rings is 1. The summed E-state index contributed by atoms with van der Waals surface area (Å²) in [4.78, 5) is 44.3. The van der Waals surface area contributed by atoms with Gasteiger partial charge in [-0.1, -0.05) is 78.9 Å². The molecule has 0 atom stereocenters. The van der Waals surface area contributed by atoms with Gasteiger partial charge in [-0.3, -0.25) is 14.4 Å². The summed E-state index contributed by atoms with van der Waals surface area (Å²) < 4.78 is 5.96. The van der Waals surface area contributed by atoms with Crippen molar-refractivity contribution in [1.29, 1.82) is 0 Å². The van der Waals surface area contributed by atoms with E-state index < -0.39 is 11.8 Å². The van der Waals surface area contributed by atoms with Crippen LogP contribution in [0.2, 0.25) is 0 Å². The average Bonchev–Trinajstić information content (AvgIpc) is 3.79. The van der Waals surface area contributed by atoms with E-state index in [0.29, 0.717) is 27.9 Å². The van der Waals surface area contributed by atoms with Crippen LogP contribution in [0.4, 0.5) is 10.8 Å². The molecule has 4 aromatic carbocycles. The highest BCUT2D eigenvalue weighted by Gasteiger charge is 2.17. The summed E-state index contributed by atoms with van der Waals surface area (Å²) in [6.45, 7) is 0. The summed E-state index contributed by atoms with van der Waals surface area (Å²) in [6.07, 6.45) is 1.50. The number of nitrogens with zero attached hydrogens (tertiary/aromatic N) is 1. The summed E-state index contributed by atoms with van der Waals surface area (Å²) in [5, 5.41) is 10.9. The molecule has 47 heavy (non-hydrogen) atoms. The van der Waals surface area contributed by atoms with E-state index in [1.807, 2.05) is 90.3 Å². The Labute approximate surface area is 279 Å². The van der Waals surface area contributed by atoms with E-state index in [9.17, 15) is 14.4 Å². The molecule has 0 bridgehead atoms. The van der Waals surface area contributed by atoms with E-state index >= 15 is 0 Å². The minimum absolute atomic E-state index is 0.0144. The summed E-state index contributed by atoms with van der Waals surface area (Å²) in [6, 6.07) is 38.7. The number of benzene rings is 4. The van der Waals surface area contributed by atoms with Crippen LogP contribution in [0.3, 0.4) is 0 Å². The summed E-state index contributed by atoms with van der Waals surface area (Å²) in [5.41, 5.74) is 3.64. The van der Waals surface area contributed by atoms with Gasteiger partial charge in [-0.2, -0.15) is 0 Å². The van der Waals surface area contributed by atoms with E-state index in [1.165, 1.54) is 29.2 Å². The quantitative estimate of drug-likeness (QED) is 0.0957. The normalized spacial score (nSPS) is 11.1. The maximum Gasteiger partial charge on any atom is 0.272 e. The maximum absolute atomic E-state index is 13.4. The van der Waals surface area contributed by atoms with Gasteiger partial charge in [-0.05, 0) is 48.5 Å². The fourth-order valence-corrected chi connectivity index (χ4v) is 5.92. The first-order chi connectivity index (χ1) is 23.0. The molecule has 2 heterocycles. The molecule has 0 fully saturated rings. The number of hydrogen-bond donors (Lipinski definition) is 3. The number of nitrogens with one attached hydrogen (secondary N) is 3. The smallest absolute Gasteiger partial charge is 0.272 e. The summed E-state index contributed by atoms with van der Waals surface area (Å²) >= 11 is 2.74. The molecule has 3 N–H and O–H groups in total. The van der Waals surface area contributed by atoms with Crippen molar-refractivity contribution in [2.75, 3.05) is 16.4 Å². The monoisotopic (exact) mass is 656 g/mol. The molecule has 2 aromatic heterocycles. The summed E-state index contributed by atoms with van der Waals surface area (Å²) in [5.74, 6) is 0.112. The van der Waals surface area contributed by atoms with Crippen LogP contribution < -0.4 is 16.0 Å². The Morgan fingerprint density at radius 2 is 1.40 bits per heavy atom. The van der Waals surface area contributed by atoms with Gasteiger partial charge in [0.15, 0.2) is 5.13 Å². The number of anilines is 2. The van der Waals surface area contributed by atoms with Gasteiger partial charge in [0.1, 0.15) is 17.2 Å². The molecule has 0 aliphatic carbocycles. The van der Waals surface area contributed by atoms with Gasteiger partial charge >= 0.3 is 0 Å². The number of hydrogen-bond acceptors (Lipinski definition) is 7. The van der Waals surface area contributed by atoms with E-state index in [2.05, 4.69) is 20.9 Å². The Morgan fingerprint density at radius 3 is 2.11 bits per heavy atom. The first-order valence-electron chi connectivity index (χ1n) is 14.6. The fraction of sp³-hybridized carbons (Fsp3) is 0.0270. The Bertz CT molecular complexity index is 2010. The SMILES string of the molecule is O=C(CSc1ccc(NC(=O)/C(=C\c2ccc(-c3ccccc3)o2)NC(=O)c2ccccc2)cc1)Nc1nc(-c2ccccc2)cs1. The van der Waals surface area contributed by atoms with Crippen LogP contribution in [0.25, 0.3) is 28.7 Å². The zero-order chi connectivity index (χ0) is 32.4. The Kier molecular flexibility index (Phi) is 10.0. The van der Waals surface area contributed by atoms with Crippen molar-refractivity contribution in [2.24, 2.45) is 0 Å². The lowest BCUT2D eigenvalue weighted by Gasteiger charge is -2.11. The molecule has 0 radical (unpaired) electrons. The molecule has 10 heteroatoms. The number of carbonyl (C=O) groups excluding carboxylic acids is 3. The van der Waals surface area contributed by atoms with E-state index in [0.717, 1.165) is 21.7 Å². The third-order valence-electron chi connectivity index (χ3n) is 6.80. The van der Waals surface area contributed by atoms with Crippen LogP contribution in [0, 0.1) is 0 Å². The van der Waals surface area contributed by atoms with Crippen molar-refractivity contribution in [3.63, 3.8) is 0 Å². The number of rotatable bonds is 11. The van der Waals surface area contributed by atoms with Crippen molar-refractivity contribution in [1.82, 2.24) is 10.3 Å². The zero-order valence-electron chi connectivity index (χ0n) is 24.9. The van der Waals surface area contributed by atoms with Crippen molar-refractivity contribution in [3.05, 3.63) is 150 Å². The van der Waals surface area contributed by atoms with Gasteiger partial charge < -0.3 is 20.4 Å². The Balaban J connectivity index is 1.09. The van der Waals surface area contributed by atoms with Gasteiger partial charge in [-0.25, -0.2) is 4.98 Å². The molecule has 0 saturated heterocycles. The predicted molar refractivity (Wildman–Crippen MR) is 188 cm³/mol. The zero-order valence-corrected chi connectivity index (χ0v) is 26.5. The lowest BCUT2D eigenvalue weighted by molar-refractivity contribution is -0.114. The minimum Gasteiger partial charge on any atom is -0.457 e. The molecule has 232 valence electrons. The third-order valence-corrected chi connectivity index (χ3v) is 8.57. The van der Waals surface area contributed by atoms with Crippen molar-refractivity contribution in [3.8, 4) is 22.6 Å². The van der Waals surface area contributed by atoms with E-state index in [1.54, 1.807) is 42.5 Å². The molecule has 8 nitrogen and oxygen atoms in total. The topological polar surface area (TPSA) is 113 Å². The van der Waals surface area contributed by atoms with Crippen molar-refractivity contribution >= 4 is 57.7 Å². The second-order valence-electron chi connectivity index (χ2n) is 10.2. The van der Waals surface area contributed by atoms with Gasteiger partial charge in [0.25, 0.3) is 11.8 Å². The number of aromatic nitrogens is 1.